The number of amides is 4. The second-order valence-electron chi connectivity index (χ2n) is 6.68. The highest BCUT2D eigenvalue weighted by Gasteiger charge is 2.24. The molecule has 0 radical (unpaired) electrons. The largest absolute Gasteiger partial charge is 0.480 e. The maximum Gasteiger partial charge on any atom is 0.346 e. The SMILES string of the molecule is N=C1N=C(N)/C(=N/C(=O)Nc2ccc(C(=O)N[C@@H](Cc3ccccc3)C(=O)O)nc2)C(=O)N1. The van der Waals surface area contributed by atoms with Crippen molar-refractivity contribution in [1.82, 2.24) is 15.6 Å². The summed E-state index contributed by atoms with van der Waals surface area (Å²) in [5.74, 6) is -3.60. The van der Waals surface area contributed by atoms with Gasteiger partial charge in [-0.15, -0.1) is 0 Å². The van der Waals surface area contributed by atoms with Crippen molar-refractivity contribution in [2.75, 3.05) is 5.32 Å². The Morgan fingerprint density at radius 2 is 1.91 bits per heavy atom. The quantitative estimate of drug-likeness (QED) is 0.351. The number of hydrogen-bond donors (Lipinski definition) is 6. The minimum atomic E-state index is -1.19. The van der Waals surface area contributed by atoms with Gasteiger partial charge >= 0.3 is 12.0 Å². The Morgan fingerprint density at radius 3 is 2.52 bits per heavy atom. The van der Waals surface area contributed by atoms with Crippen LogP contribution in [0.15, 0.2) is 58.6 Å². The second kappa shape index (κ2) is 9.91. The van der Waals surface area contributed by atoms with Gasteiger partial charge in [0.2, 0.25) is 5.96 Å². The lowest BCUT2D eigenvalue weighted by atomic mass is 10.1. The van der Waals surface area contributed by atoms with Gasteiger partial charge in [-0.2, -0.15) is 9.98 Å². The maximum absolute atomic E-state index is 12.4. The number of amidine groups is 1. The van der Waals surface area contributed by atoms with E-state index in [1.54, 1.807) is 30.3 Å². The fourth-order valence-corrected chi connectivity index (χ4v) is 2.73. The number of nitrogens with two attached hydrogens (primary N) is 1. The van der Waals surface area contributed by atoms with Crippen LogP contribution in [0.5, 0.6) is 0 Å². The zero-order chi connectivity index (χ0) is 24.0. The summed E-state index contributed by atoms with van der Waals surface area (Å²) in [6.45, 7) is 0. The van der Waals surface area contributed by atoms with Gasteiger partial charge < -0.3 is 21.5 Å². The van der Waals surface area contributed by atoms with Gasteiger partial charge in [0, 0.05) is 6.42 Å². The van der Waals surface area contributed by atoms with Crippen LogP contribution in [0.2, 0.25) is 0 Å². The van der Waals surface area contributed by atoms with Crippen LogP contribution in [-0.4, -0.2) is 57.5 Å². The van der Waals surface area contributed by atoms with E-state index in [0.717, 1.165) is 11.8 Å². The monoisotopic (exact) mass is 450 g/mol. The second-order valence-corrected chi connectivity index (χ2v) is 6.68. The van der Waals surface area contributed by atoms with Crippen LogP contribution in [0.25, 0.3) is 0 Å². The van der Waals surface area contributed by atoms with Gasteiger partial charge in [0.1, 0.15) is 11.7 Å². The zero-order valence-corrected chi connectivity index (χ0v) is 16.9. The topological polar surface area (TPSA) is 212 Å². The van der Waals surface area contributed by atoms with E-state index in [0.29, 0.717) is 0 Å². The summed E-state index contributed by atoms with van der Waals surface area (Å²) in [7, 11) is 0. The molecule has 0 unspecified atom stereocenters. The summed E-state index contributed by atoms with van der Waals surface area (Å²) in [4.78, 5) is 58.7. The first-order valence-electron chi connectivity index (χ1n) is 9.40. The third-order valence-electron chi connectivity index (χ3n) is 4.27. The number of carbonyl (C=O) groups is 4. The first-order chi connectivity index (χ1) is 15.7. The molecule has 1 aliphatic heterocycles. The molecule has 1 aliphatic rings. The first-order valence-corrected chi connectivity index (χ1v) is 9.40. The number of urea groups is 1. The number of pyridine rings is 1. The number of carbonyl (C=O) groups excluding carboxylic acids is 3. The van der Waals surface area contributed by atoms with Crippen molar-refractivity contribution < 1.29 is 24.3 Å². The molecule has 1 aromatic carbocycles. The summed E-state index contributed by atoms with van der Waals surface area (Å²) in [6.07, 6.45) is 1.25. The molecule has 7 N–H and O–H groups in total. The number of carboxylic acid groups (broad SMARTS) is 1. The number of aromatic nitrogens is 1. The average Bonchev–Trinajstić information content (AvgIpc) is 2.77. The molecule has 0 spiro atoms. The number of aliphatic carboxylic acids is 1. The lowest BCUT2D eigenvalue weighted by molar-refractivity contribution is -0.139. The third kappa shape index (κ3) is 6.04. The van der Waals surface area contributed by atoms with Crippen molar-refractivity contribution in [3.63, 3.8) is 0 Å². The Bertz CT molecular complexity index is 1170. The molecule has 0 saturated heterocycles. The highest BCUT2D eigenvalue weighted by Crippen LogP contribution is 2.09. The summed E-state index contributed by atoms with van der Waals surface area (Å²) >= 11 is 0. The van der Waals surface area contributed by atoms with Gasteiger partial charge in [0.15, 0.2) is 11.5 Å². The first kappa shape index (κ1) is 22.7. The van der Waals surface area contributed by atoms with E-state index in [9.17, 15) is 24.3 Å². The molecule has 1 atom stereocenters. The Kier molecular flexibility index (Phi) is 6.83. The molecule has 0 aliphatic carbocycles. The normalized spacial score (nSPS) is 15.3. The number of hydrogen-bond acceptors (Lipinski definition) is 7. The highest BCUT2D eigenvalue weighted by atomic mass is 16.4. The van der Waals surface area contributed by atoms with Gasteiger partial charge in [0.05, 0.1) is 11.9 Å². The number of guanidine groups is 1. The maximum atomic E-state index is 12.4. The molecule has 0 bridgehead atoms. The van der Waals surface area contributed by atoms with E-state index < -0.39 is 41.5 Å². The van der Waals surface area contributed by atoms with Gasteiger partial charge in [-0.3, -0.25) is 20.3 Å². The molecule has 168 valence electrons. The number of benzene rings is 1. The zero-order valence-electron chi connectivity index (χ0n) is 16.9. The Morgan fingerprint density at radius 1 is 1.18 bits per heavy atom. The van der Waals surface area contributed by atoms with Crippen LogP contribution in [-0.2, 0) is 16.0 Å². The Hall–Kier alpha value is -4.94. The molecular weight excluding hydrogens is 432 g/mol. The number of carboxylic acids is 1. The van der Waals surface area contributed by atoms with Gasteiger partial charge in [-0.05, 0) is 17.7 Å². The molecule has 1 aromatic heterocycles. The summed E-state index contributed by atoms with van der Waals surface area (Å²) < 4.78 is 0. The van der Waals surface area contributed by atoms with Gasteiger partial charge in [-0.1, -0.05) is 30.3 Å². The molecule has 13 heteroatoms. The molecule has 0 fully saturated rings. The smallest absolute Gasteiger partial charge is 0.346 e. The molecule has 3 rings (SSSR count). The molecule has 13 nitrogen and oxygen atoms in total. The number of aliphatic imine (C=N–C) groups is 2. The van der Waals surface area contributed by atoms with Crippen molar-refractivity contribution in [2.24, 2.45) is 15.7 Å². The average molecular weight is 450 g/mol. The Balaban J connectivity index is 1.63. The van der Waals surface area contributed by atoms with E-state index in [4.69, 9.17) is 11.1 Å². The molecule has 2 heterocycles. The summed E-state index contributed by atoms with van der Waals surface area (Å²) in [5, 5.41) is 23.5. The van der Waals surface area contributed by atoms with Crippen LogP contribution in [0.4, 0.5) is 10.5 Å². The summed E-state index contributed by atoms with van der Waals surface area (Å²) in [6, 6.07) is 9.35. The van der Waals surface area contributed by atoms with E-state index in [2.05, 4.69) is 30.9 Å². The number of nitrogens with zero attached hydrogens (tertiary/aromatic N) is 3. The van der Waals surface area contributed by atoms with Crippen molar-refractivity contribution in [3.05, 3.63) is 59.9 Å². The van der Waals surface area contributed by atoms with Crippen LogP contribution in [0, 0.1) is 5.41 Å². The minimum absolute atomic E-state index is 0.0693. The standard InChI is InChI=1S/C20H18N8O5/c21-15-14(17(30)28-19(22)27-15)26-20(33)24-11-6-7-12(23-9-11)16(29)25-13(18(31)32)8-10-4-2-1-3-5-10/h1-7,9,13H,8H2,(H,24,33)(H,25,29)(H,31,32)(H4,21,22,27,28,30)/b26-14-/t13-/m0/s1. The van der Waals surface area contributed by atoms with Crippen LogP contribution in [0.3, 0.4) is 0 Å². The fourth-order valence-electron chi connectivity index (χ4n) is 2.73. The predicted molar refractivity (Wildman–Crippen MR) is 117 cm³/mol. The number of rotatable bonds is 6. The van der Waals surface area contributed by atoms with E-state index in [-0.39, 0.29) is 23.6 Å². The van der Waals surface area contributed by atoms with Crippen LogP contribution < -0.4 is 21.7 Å². The predicted octanol–water partition coefficient (Wildman–Crippen LogP) is -0.0980. The molecule has 0 saturated carbocycles. The van der Waals surface area contributed by atoms with E-state index in [1.165, 1.54) is 12.1 Å². The van der Waals surface area contributed by atoms with Crippen molar-refractivity contribution in [3.8, 4) is 0 Å². The van der Waals surface area contributed by atoms with Crippen molar-refractivity contribution in [2.45, 2.75) is 12.5 Å². The minimum Gasteiger partial charge on any atom is -0.480 e. The van der Waals surface area contributed by atoms with Gasteiger partial charge in [0.25, 0.3) is 11.8 Å². The van der Waals surface area contributed by atoms with Crippen LogP contribution in [0.1, 0.15) is 16.1 Å². The number of nitrogens with one attached hydrogen (secondary N) is 4. The van der Waals surface area contributed by atoms with Crippen molar-refractivity contribution >= 4 is 47.0 Å². The van der Waals surface area contributed by atoms with Gasteiger partial charge in [-0.25, -0.2) is 14.6 Å². The molecule has 33 heavy (non-hydrogen) atoms. The summed E-state index contributed by atoms with van der Waals surface area (Å²) in [5.41, 5.74) is 5.88. The fraction of sp³-hybridized carbons (Fsp3) is 0.100. The van der Waals surface area contributed by atoms with E-state index >= 15 is 0 Å². The van der Waals surface area contributed by atoms with Crippen molar-refractivity contribution in [1.29, 1.82) is 5.41 Å². The lowest BCUT2D eigenvalue weighted by Gasteiger charge is -2.14. The molecule has 4 amide bonds. The van der Waals surface area contributed by atoms with Crippen LogP contribution >= 0.6 is 0 Å². The third-order valence-corrected chi connectivity index (χ3v) is 4.27. The highest BCUT2D eigenvalue weighted by molar-refractivity contribution is 6.69. The molecular formula is C20H18N8O5. The lowest BCUT2D eigenvalue weighted by Crippen LogP contribution is -2.47. The molecule has 2 aromatic rings. The number of anilines is 1. The van der Waals surface area contributed by atoms with E-state index in [1.807, 2.05) is 0 Å². The Labute approximate surface area is 186 Å².